The summed E-state index contributed by atoms with van der Waals surface area (Å²) in [6.07, 6.45) is 0. The van der Waals surface area contributed by atoms with Crippen LogP contribution in [0, 0.1) is 0 Å². The van der Waals surface area contributed by atoms with E-state index < -0.39 is 0 Å². The quantitative estimate of drug-likeness (QED) is 0.503. The van der Waals surface area contributed by atoms with Gasteiger partial charge in [0.05, 0.1) is 16.3 Å². The summed E-state index contributed by atoms with van der Waals surface area (Å²) in [4.78, 5) is 12.1. The molecule has 1 amide bonds. The molecule has 0 unspecified atom stereocenters. The maximum Gasteiger partial charge on any atom is 0.273 e. The molecule has 17 heavy (non-hydrogen) atoms. The van der Waals surface area contributed by atoms with Crippen LogP contribution in [0.4, 0.5) is 5.69 Å². The average Bonchev–Trinajstić information content (AvgIpc) is 2.39. The number of benzene rings is 2. The first-order chi connectivity index (χ1) is 8.20. The van der Waals surface area contributed by atoms with E-state index in [0.29, 0.717) is 16.3 Å². The molecule has 3 nitrogen and oxygen atoms in total. The molecule has 0 aliphatic rings. The van der Waals surface area contributed by atoms with Crippen LogP contribution in [0.25, 0.3) is 0 Å². The van der Waals surface area contributed by atoms with Crippen molar-refractivity contribution in [2.24, 2.45) is 5.84 Å². The number of hydrogen-bond donors (Lipinski definition) is 1. The van der Waals surface area contributed by atoms with Gasteiger partial charge in [0.2, 0.25) is 0 Å². The van der Waals surface area contributed by atoms with Gasteiger partial charge in [-0.25, -0.2) is 10.9 Å². The first-order valence-electron chi connectivity index (χ1n) is 5.09. The fraction of sp³-hybridized carbons (Fsp3) is 0. The van der Waals surface area contributed by atoms with Gasteiger partial charge in [0.1, 0.15) is 0 Å². The predicted octanol–water partition coefficient (Wildman–Crippen LogP) is 2.86. The van der Waals surface area contributed by atoms with Crippen LogP contribution in [0.2, 0.25) is 5.02 Å². The Kier molecular flexibility index (Phi) is 3.42. The van der Waals surface area contributed by atoms with E-state index in [-0.39, 0.29) is 5.91 Å². The minimum atomic E-state index is -0.332. The summed E-state index contributed by atoms with van der Waals surface area (Å²) in [6, 6.07) is 15.8. The molecule has 0 aromatic heterocycles. The molecule has 0 saturated carbocycles. The van der Waals surface area contributed by atoms with Crippen LogP contribution < -0.4 is 10.9 Å². The van der Waals surface area contributed by atoms with Gasteiger partial charge in [-0.05, 0) is 24.3 Å². The second-order valence-corrected chi connectivity index (χ2v) is 3.90. The van der Waals surface area contributed by atoms with Gasteiger partial charge in [0, 0.05) is 0 Å². The van der Waals surface area contributed by atoms with Crippen molar-refractivity contribution < 1.29 is 4.79 Å². The fourth-order valence-corrected chi connectivity index (χ4v) is 1.69. The molecular weight excluding hydrogens is 236 g/mol. The van der Waals surface area contributed by atoms with Crippen molar-refractivity contribution >= 4 is 23.2 Å². The summed E-state index contributed by atoms with van der Waals surface area (Å²) in [5.41, 5.74) is 1.01. The molecule has 0 aliphatic heterocycles. The topological polar surface area (TPSA) is 46.3 Å². The second-order valence-electron chi connectivity index (χ2n) is 3.49. The zero-order valence-corrected chi connectivity index (χ0v) is 9.76. The van der Waals surface area contributed by atoms with E-state index in [1.54, 1.807) is 36.4 Å². The first kappa shape index (κ1) is 11.6. The molecule has 0 atom stereocenters. The molecule has 4 heteroatoms. The number of anilines is 1. The van der Waals surface area contributed by atoms with E-state index in [1.165, 1.54) is 0 Å². The molecule has 0 saturated heterocycles. The van der Waals surface area contributed by atoms with Crippen molar-refractivity contribution in [2.45, 2.75) is 0 Å². The van der Waals surface area contributed by atoms with Gasteiger partial charge in [-0.2, -0.15) is 0 Å². The molecule has 0 bridgehead atoms. The normalized spacial score (nSPS) is 10.0. The van der Waals surface area contributed by atoms with Crippen molar-refractivity contribution in [3.8, 4) is 0 Å². The maximum atomic E-state index is 12.1. The van der Waals surface area contributed by atoms with Gasteiger partial charge in [-0.1, -0.05) is 41.9 Å². The summed E-state index contributed by atoms with van der Waals surface area (Å²) in [7, 11) is 0. The smallest absolute Gasteiger partial charge is 0.267 e. The lowest BCUT2D eigenvalue weighted by Gasteiger charge is -2.17. The SMILES string of the molecule is NN(C(=O)c1ccccc1Cl)c1ccccc1. The highest BCUT2D eigenvalue weighted by molar-refractivity contribution is 6.34. The first-order valence-corrected chi connectivity index (χ1v) is 5.46. The van der Waals surface area contributed by atoms with Gasteiger partial charge in [-0.15, -0.1) is 0 Å². The Bertz CT molecular complexity index is 528. The number of para-hydroxylation sites is 1. The number of hydrogen-bond acceptors (Lipinski definition) is 2. The molecular formula is C13H11ClN2O. The number of rotatable bonds is 2. The molecule has 0 spiro atoms. The van der Waals surface area contributed by atoms with E-state index in [1.807, 2.05) is 18.2 Å². The van der Waals surface area contributed by atoms with Crippen LogP contribution in [0.5, 0.6) is 0 Å². The number of nitrogens with two attached hydrogens (primary N) is 1. The summed E-state index contributed by atoms with van der Waals surface area (Å²) in [5.74, 6) is 5.43. The van der Waals surface area contributed by atoms with Crippen molar-refractivity contribution in [1.82, 2.24) is 0 Å². The number of amides is 1. The monoisotopic (exact) mass is 246 g/mol. The van der Waals surface area contributed by atoms with Crippen LogP contribution >= 0.6 is 11.6 Å². The number of hydrazine groups is 1. The largest absolute Gasteiger partial charge is 0.273 e. The van der Waals surface area contributed by atoms with Gasteiger partial charge in [-0.3, -0.25) is 4.79 Å². The van der Waals surface area contributed by atoms with Crippen molar-refractivity contribution in [3.63, 3.8) is 0 Å². The van der Waals surface area contributed by atoms with E-state index >= 15 is 0 Å². The number of carbonyl (C=O) groups is 1. The van der Waals surface area contributed by atoms with E-state index in [2.05, 4.69) is 0 Å². The lowest BCUT2D eigenvalue weighted by atomic mass is 10.2. The average molecular weight is 247 g/mol. The number of nitrogens with zero attached hydrogens (tertiary/aromatic N) is 1. The minimum absolute atomic E-state index is 0.332. The van der Waals surface area contributed by atoms with Crippen molar-refractivity contribution in [1.29, 1.82) is 0 Å². The molecule has 2 aromatic carbocycles. The van der Waals surface area contributed by atoms with Gasteiger partial charge >= 0.3 is 0 Å². The third kappa shape index (κ3) is 2.46. The Labute approximate surface area is 104 Å². The minimum Gasteiger partial charge on any atom is -0.267 e. The Balaban J connectivity index is 2.30. The Morgan fingerprint density at radius 2 is 1.59 bits per heavy atom. The molecule has 0 fully saturated rings. The summed E-state index contributed by atoms with van der Waals surface area (Å²) in [5, 5.41) is 1.48. The summed E-state index contributed by atoms with van der Waals surface area (Å²) < 4.78 is 0. The highest BCUT2D eigenvalue weighted by atomic mass is 35.5. The summed E-state index contributed by atoms with van der Waals surface area (Å²) in [6.45, 7) is 0. The zero-order valence-electron chi connectivity index (χ0n) is 9.01. The van der Waals surface area contributed by atoms with Crippen LogP contribution in [0.15, 0.2) is 54.6 Å². The van der Waals surface area contributed by atoms with Crippen LogP contribution in [-0.4, -0.2) is 5.91 Å². The number of carbonyl (C=O) groups excluding carboxylic acids is 1. The Morgan fingerprint density at radius 1 is 1.00 bits per heavy atom. The zero-order chi connectivity index (χ0) is 12.3. The molecule has 2 N–H and O–H groups in total. The lowest BCUT2D eigenvalue weighted by Crippen LogP contribution is -2.37. The Hall–Kier alpha value is -1.84. The third-order valence-electron chi connectivity index (χ3n) is 2.36. The highest BCUT2D eigenvalue weighted by Crippen LogP contribution is 2.19. The van der Waals surface area contributed by atoms with Crippen molar-refractivity contribution in [3.05, 3.63) is 65.2 Å². The number of halogens is 1. The molecule has 2 aromatic rings. The predicted molar refractivity (Wildman–Crippen MR) is 68.9 cm³/mol. The van der Waals surface area contributed by atoms with Crippen LogP contribution in [0.1, 0.15) is 10.4 Å². The van der Waals surface area contributed by atoms with Gasteiger partial charge in [0.25, 0.3) is 5.91 Å². The second kappa shape index (κ2) is 4.99. The maximum absolute atomic E-state index is 12.1. The van der Waals surface area contributed by atoms with E-state index in [0.717, 1.165) is 5.01 Å². The van der Waals surface area contributed by atoms with Crippen LogP contribution in [-0.2, 0) is 0 Å². The highest BCUT2D eigenvalue weighted by Gasteiger charge is 2.16. The molecule has 86 valence electrons. The van der Waals surface area contributed by atoms with Crippen molar-refractivity contribution in [2.75, 3.05) is 5.01 Å². The lowest BCUT2D eigenvalue weighted by molar-refractivity contribution is 0.0987. The van der Waals surface area contributed by atoms with E-state index in [4.69, 9.17) is 17.4 Å². The standard InChI is InChI=1S/C13H11ClN2O/c14-12-9-5-4-8-11(12)13(17)16(15)10-6-2-1-3-7-10/h1-9H,15H2. The van der Waals surface area contributed by atoms with Crippen LogP contribution in [0.3, 0.4) is 0 Å². The molecule has 2 rings (SSSR count). The molecule has 0 heterocycles. The summed E-state index contributed by atoms with van der Waals surface area (Å²) >= 11 is 5.95. The molecule has 0 aliphatic carbocycles. The fourth-order valence-electron chi connectivity index (χ4n) is 1.47. The van der Waals surface area contributed by atoms with E-state index in [9.17, 15) is 4.79 Å². The van der Waals surface area contributed by atoms with Gasteiger partial charge < -0.3 is 0 Å². The van der Waals surface area contributed by atoms with Gasteiger partial charge in [0.15, 0.2) is 0 Å². The Morgan fingerprint density at radius 3 is 2.24 bits per heavy atom. The third-order valence-corrected chi connectivity index (χ3v) is 2.69. The molecule has 0 radical (unpaired) electrons.